The third-order valence-corrected chi connectivity index (χ3v) is 6.74. The van der Waals surface area contributed by atoms with Gasteiger partial charge in [-0.05, 0) is 94.7 Å². The molecule has 2 aromatic rings. The first-order chi connectivity index (χ1) is 16.5. The van der Waals surface area contributed by atoms with Gasteiger partial charge in [0.15, 0.2) is 0 Å². The van der Waals surface area contributed by atoms with Crippen LogP contribution < -0.4 is 4.74 Å². The number of hydrogen-bond acceptors (Lipinski definition) is 4. The molecule has 188 valence electrons. The van der Waals surface area contributed by atoms with Crippen LogP contribution >= 0.6 is 0 Å². The van der Waals surface area contributed by atoms with Crippen molar-refractivity contribution in [1.29, 1.82) is 0 Å². The maximum Gasteiger partial charge on any atom is 0.514 e. The minimum atomic E-state index is -0.668. The molecule has 2 aromatic carbocycles. The number of allylic oxidation sites excluding steroid dienone is 4. The van der Waals surface area contributed by atoms with Gasteiger partial charge in [-0.25, -0.2) is 4.79 Å². The smallest absolute Gasteiger partial charge is 0.508 e. The highest BCUT2D eigenvalue weighted by Gasteiger charge is 2.26. The summed E-state index contributed by atoms with van der Waals surface area (Å²) < 4.78 is 10.3. The third-order valence-electron chi connectivity index (χ3n) is 6.74. The molecular weight excluding hydrogens is 436 g/mol. The number of rotatable bonds is 3. The lowest BCUT2D eigenvalue weighted by Crippen LogP contribution is -2.26. The molecule has 0 heterocycles. The number of aromatic hydroxyl groups is 1. The van der Waals surface area contributed by atoms with E-state index in [0.717, 1.165) is 12.8 Å². The van der Waals surface area contributed by atoms with E-state index >= 15 is 0 Å². The Morgan fingerprint density at radius 1 is 0.800 bits per heavy atom. The Labute approximate surface area is 210 Å². The normalized spacial score (nSPS) is 23.7. The Balaban J connectivity index is 0.000000211. The van der Waals surface area contributed by atoms with E-state index in [4.69, 9.17) is 9.47 Å². The molecule has 1 N–H and O–H groups in total. The SMILES string of the molecule is CC(C)(C)OC(=O)Oc1ccc(C2(C)C=CCCC2)cc1.CC1(c2ccc(O)cc2)C=CCCC1. The van der Waals surface area contributed by atoms with Gasteiger partial charge >= 0.3 is 6.16 Å². The molecule has 0 fully saturated rings. The summed E-state index contributed by atoms with van der Waals surface area (Å²) >= 11 is 0. The first kappa shape index (κ1) is 26.6. The Kier molecular flexibility index (Phi) is 8.47. The van der Waals surface area contributed by atoms with Crippen LogP contribution in [0.2, 0.25) is 0 Å². The molecule has 0 saturated heterocycles. The molecule has 2 aliphatic rings. The zero-order chi connectivity index (χ0) is 25.5. The summed E-state index contributed by atoms with van der Waals surface area (Å²) in [7, 11) is 0. The van der Waals surface area contributed by atoms with E-state index in [2.05, 4.69) is 38.2 Å². The monoisotopic (exact) mass is 476 g/mol. The lowest BCUT2D eigenvalue weighted by molar-refractivity contribution is 0.0206. The Morgan fingerprint density at radius 3 is 1.66 bits per heavy atom. The van der Waals surface area contributed by atoms with Gasteiger partial charge in [-0.15, -0.1) is 0 Å². The molecule has 0 amide bonds. The zero-order valence-electron chi connectivity index (χ0n) is 21.8. The van der Waals surface area contributed by atoms with Gasteiger partial charge in [0.25, 0.3) is 0 Å². The van der Waals surface area contributed by atoms with Crippen LogP contribution in [0.3, 0.4) is 0 Å². The summed E-state index contributed by atoms with van der Waals surface area (Å²) in [5, 5.41) is 9.22. The van der Waals surface area contributed by atoms with Crippen molar-refractivity contribution in [3.63, 3.8) is 0 Å². The third kappa shape index (κ3) is 7.74. The van der Waals surface area contributed by atoms with Crippen molar-refractivity contribution in [2.45, 2.75) is 89.6 Å². The van der Waals surface area contributed by atoms with Crippen molar-refractivity contribution < 1.29 is 19.4 Å². The van der Waals surface area contributed by atoms with E-state index in [9.17, 15) is 9.90 Å². The van der Waals surface area contributed by atoms with Gasteiger partial charge < -0.3 is 14.6 Å². The van der Waals surface area contributed by atoms with Crippen LogP contribution in [0.4, 0.5) is 4.79 Å². The molecule has 35 heavy (non-hydrogen) atoms. The molecule has 0 aromatic heterocycles. The highest BCUT2D eigenvalue weighted by molar-refractivity contribution is 5.64. The maximum absolute atomic E-state index is 11.6. The molecule has 0 radical (unpaired) electrons. The van der Waals surface area contributed by atoms with Gasteiger partial charge in [0, 0.05) is 10.8 Å². The second-order valence-electron chi connectivity index (χ2n) is 11.1. The first-order valence-corrected chi connectivity index (χ1v) is 12.7. The summed E-state index contributed by atoms with van der Waals surface area (Å²) in [6.45, 7) is 9.94. The van der Waals surface area contributed by atoms with Gasteiger partial charge in [0.05, 0.1) is 0 Å². The summed E-state index contributed by atoms with van der Waals surface area (Å²) in [4.78, 5) is 11.6. The molecule has 4 heteroatoms. The van der Waals surface area contributed by atoms with Crippen LogP contribution in [-0.4, -0.2) is 16.9 Å². The molecule has 0 aliphatic heterocycles. The van der Waals surface area contributed by atoms with Gasteiger partial charge in [-0.3, -0.25) is 0 Å². The molecule has 0 bridgehead atoms. The van der Waals surface area contributed by atoms with Gasteiger partial charge in [0.1, 0.15) is 17.1 Å². The number of phenolic OH excluding ortho intramolecular Hbond substituents is 1. The highest BCUT2D eigenvalue weighted by atomic mass is 16.7. The van der Waals surface area contributed by atoms with Gasteiger partial charge in [-0.1, -0.05) is 62.4 Å². The summed E-state index contributed by atoms with van der Waals surface area (Å²) in [5.41, 5.74) is 2.26. The van der Waals surface area contributed by atoms with Gasteiger partial charge in [-0.2, -0.15) is 0 Å². The van der Waals surface area contributed by atoms with Crippen molar-refractivity contribution in [1.82, 2.24) is 0 Å². The highest BCUT2D eigenvalue weighted by Crippen LogP contribution is 2.36. The van der Waals surface area contributed by atoms with Gasteiger partial charge in [0.2, 0.25) is 0 Å². The minimum absolute atomic E-state index is 0.0860. The zero-order valence-corrected chi connectivity index (χ0v) is 21.8. The van der Waals surface area contributed by atoms with Crippen LogP contribution in [-0.2, 0) is 15.6 Å². The Hall–Kier alpha value is -3.01. The predicted molar refractivity (Wildman–Crippen MR) is 142 cm³/mol. The first-order valence-electron chi connectivity index (χ1n) is 12.7. The van der Waals surface area contributed by atoms with Crippen molar-refractivity contribution in [3.8, 4) is 11.5 Å². The lowest BCUT2D eigenvalue weighted by Gasteiger charge is -2.29. The largest absolute Gasteiger partial charge is 0.514 e. The van der Waals surface area contributed by atoms with Crippen molar-refractivity contribution in [2.24, 2.45) is 0 Å². The molecule has 0 spiro atoms. The fourth-order valence-electron chi connectivity index (χ4n) is 4.62. The van der Waals surface area contributed by atoms with Crippen molar-refractivity contribution >= 4 is 6.16 Å². The fourth-order valence-corrected chi connectivity index (χ4v) is 4.62. The van der Waals surface area contributed by atoms with Crippen LogP contribution in [0.15, 0.2) is 72.8 Å². The molecular formula is C31H40O4. The predicted octanol–water partition coefficient (Wildman–Crippen LogP) is 8.39. The number of carbonyl (C=O) groups is 1. The number of phenols is 1. The second-order valence-corrected chi connectivity index (χ2v) is 11.1. The topological polar surface area (TPSA) is 55.8 Å². The molecule has 2 unspecified atom stereocenters. The molecule has 0 saturated carbocycles. The van der Waals surface area contributed by atoms with E-state index in [0.29, 0.717) is 11.5 Å². The second kappa shape index (κ2) is 11.2. The van der Waals surface area contributed by atoms with Crippen LogP contribution in [0.25, 0.3) is 0 Å². The number of ether oxygens (including phenoxy) is 2. The standard InChI is InChI=1S/C18H24O3.C13H16O/c1-17(2,3)21-16(19)20-15-10-8-14(9-11-15)18(4)12-6-5-7-13-18;1-13(9-3-2-4-10-13)11-5-7-12(14)8-6-11/h6,8-12H,5,7,13H2,1-4H3;3,5-9,14H,2,4,10H2,1H3. The summed E-state index contributed by atoms with van der Waals surface area (Å²) in [6, 6.07) is 15.3. The van der Waals surface area contributed by atoms with E-state index in [1.165, 1.54) is 36.8 Å². The van der Waals surface area contributed by atoms with E-state index in [-0.39, 0.29) is 10.8 Å². The van der Waals surface area contributed by atoms with Crippen LogP contribution in [0.5, 0.6) is 11.5 Å². The lowest BCUT2D eigenvalue weighted by atomic mass is 9.75. The van der Waals surface area contributed by atoms with E-state index < -0.39 is 11.8 Å². The maximum atomic E-state index is 11.6. The summed E-state index contributed by atoms with van der Waals surface area (Å²) in [6.07, 6.45) is 15.6. The number of carbonyl (C=O) groups excluding carboxylic acids is 1. The Bertz CT molecular complexity index is 1030. The van der Waals surface area contributed by atoms with E-state index in [1.54, 1.807) is 12.1 Å². The van der Waals surface area contributed by atoms with Crippen LogP contribution in [0.1, 0.15) is 84.3 Å². The average Bonchev–Trinajstić information content (AvgIpc) is 2.80. The fraction of sp³-hybridized carbons (Fsp3) is 0.452. The quantitative estimate of drug-likeness (QED) is 0.274. The minimum Gasteiger partial charge on any atom is -0.508 e. The molecule has 2 aliphatic carbocycles. The van der Waals surface area contributed by atoms with Crippen LogP contribution in [0, 0.1) is 0 Å². The number of hydrogen-bond donors (Lipinski definition) is 1. The van der Waals surface area contributed by atoms with Crippen molar-refractivity contribution in [2.75, 3.05) is 0 Å². The Morgan fingerprint density at radius 2 is 1.26 bits per heavy atom. The number of benzene rings is 2. The molecule has 4 rings (SSSR count). The van der Waals surface area contributed by atoms with E-state index in [1.807, 2.05) is 57.2 Å². The molecule has 4 nitrogen and oxygen atoms in total. The summed E-state index contributed by atoms with van der Waals surface area (Å²) in [5.74, 6) is 0.855. The average molecular weight is 477 g/mol. The van der Waals surface area contributed by atoms with Crippen molar-refractivity contribution in [3.05, 3.63) is 84.0 Å². The molecule has 2 atom stereocenters.